The van der Waals surface area contributed by atoms with Crippen LogP contribution < -0.4 is 5.32 Å². The summed E-state index contributed by atoms with van der Waals surface area (Å²) in [4.78, 5) is 0. The second-order valence-corrected chi connectivity index (χ2v) is 6.02. The van der Waals surface area contributed by atoms with Crippen LogP contribution in [0, 0.1) is 17.2 Å². The van der Waals surface area contributed by atoms with Crippen molar-refractivity contribution in [3.63, 3.8) is 0 Å². The Labute approximate surface area is 122 Å². The summed E-state index contributed by atoms with van der Waals surface area (Å²) in [5, 5.41) is 22.7. The molecule has 0 amide bonds. The van der Waals surface area contributed by atoms with E-state index in [-0.39, 0.29) is 18.0 Å². The molecule has 0 radical (unpaired) electrons. The quantitative estimate of drug-likeness (QED) is 0.884. The monoisotopic (exact) mass is 322 g/mol. The van der Waals surface area contributed by atoms with Gasteiger partial charge < -0.3 is 10.4 Å². The number of phenols is 1. The molecular weight excluding hydrogens is 304 g/mol. The normalized spacial score (nSPS) is 24.1. The maximum Gasteiger partial charge on any atom is 0.120 e. The van der Waals surface area contributed by atoms with Gasteiger partial charge in [-0.25, -0.2) is 0 Å². The van der Waals surface area contributed by atoms with Crippen LogP contribution in [0.1, 0.15) is 44.2 Å². The molecule has 102 valence electrons. The van der Waals surface area contributed by atoms with Crippen molar-refractivity contribution >= 4 is 15.9 Å². The molecule has 0 spiro atoms. The van der Waals surface area contributed by atoms with Gasteiger partial charge in [0.2, 0.25) is 0 Å². The van der Waals surface area contributed by atoms with Crippen LogP contribution in [-0.2, 0) is 0 Å². The fourth-order valence-electron chi connectivity index (χ4n) is 2.80. The lowest BCUT2D eigenvalue weighted by Crippen LogP contribution is -2.35. The minimum atomic E-state index is 0.0939. The molecule has 1 aliphatic carbocycles. The SMILES string of the molecule is CCC(NC1CCCC1C#N)c1cc(Br)ccc1O. The van der Waals surface area contributed by atoms with E-state index in [4.69, 9.17) is 5.26 Å². The average Bonchev–Trinajstić information content (AvgIpc) is 2.86. The van der Waals surface area contributed by atoms with Crippen LogP contribution in [0.15, 0.2) is 22.7 Å². The first-order valence-corrected chi connectivity index (χ1v) is 7.59. The Balaban J connectivity index is 2.16. The van der Waals surface area contributed by atoms with Gasteiger partial charge in [0.05, 0.1) is 12.0 Å². The summed E-state index contributed by atoms with van der Waals surface area (Å²) in [7, 11) is 0. The van der Waals surface area contributed by atoms with E-state index in [1.54, 1.807) is 6.07 Å². The lowest BCUT2D eigenvalue weighted by Gasteiger charge is -2.25. The Morgan fingerprint density at radius 1 is 1.53 bits per heavy atom. The molecule has 0 saturated heterocycles. The molecular formula is C15H19BrN2O. The van der Waals surface area contributed by atoms with Crippen molar-refractivity contribution in [2.75, 3.05) is 0 Å². The smallest absolute Gasteiger partial charge is 0.120 e. The van der Waals surface area contributed by atoms with Crippen molar-refractivity contribution in [2.45, 2.75) is 44.7 Å². The van der Waals surface area contributed by atoms with Crippen LogP contribution in [0.2, 0.25) is 0 Å². The first kappa shape index (κ1) is 14.4. The maximum atomic E-state index is 10.0. The highest BCUT2D eigenvalue weighted by atomic mass is 79.9. The molecule has 0 aromatic heterocycles. The van der Waals surface area contributed by atoms with Crippen molar-refractivity contribution < 1.29 is 5.11 Å². The predicted octanol–water partition coefficient (Wildman–Crippen LogP) is 3.89. The van der Waals surface area contributed by atoms with Crippen molar-refractivity contribution in [1.82, 2.24) is 5.32 Å². The highest BCUT2D eigenvalue weighted by Crippen LogP contribution is 2.33. The van der Waals surface area contributed by atoms with E-state index < -0.39 is 0 Å². The number of nitriles is 1. The standard InChI is InChI=1S/C15H19BrN2O/c1-2-13(12-8-11(16)6-7-15(12)19)18-14-5-3-4-10(14)9-17/h6-8,10,13-14,18-19H,2-5H2,1H3. The van der Waals surface area contributed by atoms with E-state index >= 15 is 0 Å². The van der Waals surface area contributed by atoms with Crippen molar-refractivity contribution in [1.29, 1.82) is 5.26 Å². The number of nitrogens with one attached hydrogen (secondary N) is 1. The molecule has 1 fully saturated rings. The Kier molecular flexibility index (Phi) is 4.84. The zero-order chi connectivity index (χ0) is 13.8. The maximum absolute atomic E-state index is 10.0. The van der Waals surface area contributed by atoms with Crippen LogP contribution in [0.5, 0.6) is 5.75 Å². The van der Waals surface area contributed by atoms with E-state index in [9.17, 15) is 5.11 Å². The highest BCUT2D eigenvalue weighted by Gasteiger charge is 2.29. The highest BCUT2D eigenvalue weighted by molar-refractivity contribution is 9.10. The summed E-state index contributed by atoms with van der Waals surface area (Å²) in [6.07, 6.45) is 4.02. The number of phenolic OH excluding ortho intramolecular Hbond substituents is 1. The molecule has 1 aromatic rings. The fourth-order valence-corrected chi connectivity index (χ4v) is 3.18. The van der Waals surface area contributed by atoms with Gasteiger partial charge in [-0.05, 0) is 37.5 Å². The number of halogens is 1. The number of nitrogens with zero attached hydrogens (tertiary/aromatic N) is 1. The van der Waals surface area contributed by atoms with Gasteiger partial charge >= 0.3 is 0 Å². The molecule has 0 bridgehead atoms. The number of aromatic hydroxyl groups is 1. The summed E-state index contributed by atoms with van der Waals surface area (Å²) in [5.41, 5.74) is 0.903. The molecule has 0 heterocycles. The molecule has 3 nitrogen and oxygen atoms in total. The third kappa shape index (κ3) is 3.29. The van der Waals surface area contributed by atoms with E-state index in [0.717, 1.165) is 35.7 Å². The van der Waals surface area contributed by atoms with Crippen LogP contribution in [0.3, 0.4) is 0 Å². The van der Waals surface area contributed by atoms with E-state index in [1.807, 2.05) is 12.1 Å². The third-order valence-corrected chi connectivity index (χ3v) is 4.36. The van der Waals surface area contributed by atoms with E-state index in [0.29, 0.717) is 5.75 Å². The number of hydrogen-bond donors (Lipinski definition) is 2. The average molecular weight is 323 g/mol. The number of benzene rings is 1. The van der Waals surface area contributed by atoms with Crippen LogP contribution in [0.4, 0.5) is 0 Å². The van der Waals surface area contributed by atoms with Gasteiger partial charge in [0.25, 0.3) is 0 Å². The summed E-state index contributed by atoms with van der Waals surface area (Å²) in [6, 6.07) is 8.22. The largest absolute Gasteiger partial charge is 0.508 e. The fraction of sp³-hybridized carbons (Fsp3) is 0.533. The first-order chi connectivity index (χ1) is 9.15. The number of hydrogen-bond acceptors (Lipinski definition) is 3. The molecule has 2 rings (SSSR count). The molecule has 2 N–H and O–H groups in total. The number of rotatable bonds is 4. The first-order valence-electron chi connectivity index (χ1n) is 6.79. The summed E-state index contributed by atoms with van der Waals surface area (Å²) in [6.45, 7) is 2.09. The Morgan fingerprint density at radius 3 is 3.00 bits per heavy atom. The van der Waals surface area contributed by atoms with E-state index in [1.165, 1.54) is 0 Å². The van der Waals surface area contributed by atoms with Crippen molar-refractivity contribution in [2.24, 2.45) is 5.92 Å². The van der Waals surface area contributed by atoms with Gasteiger partial charge in [0, 0.05) is 22.1 Å². The molecule has 19 heavy (non-hydrogen) atoms. The molecule has 0 aliphatic heterocycles. The molecule has 3 atom stereocenters. The minimum Gasteiger partial charge on any atom is -0.508 e. The van der Waals surface area contributed by atoms with Crippen molar-refractivity contribution in [3.05, 3.63) is 28.2 Å². The van der Waals surface area contributed by atoms with Gasteiger partial charge in [-0.3, -0.25) is 0 Å². The predicted molar refractivity (Wildman–Crippen MR) is 78.7 cm³/mol. The lowest BCUT2D eigenvalue weighted by molar-refractivity contribution is 0.380. The molecule has 3 unspecified atom stereocenters. The van der Waals surface area contributed by atoms with E-state index in [2.05, 4.69) is 34.2 Å². The Bertz CT molecular complexity index is 484. The molecule has 1 aliphatic rings. The van der Waals surface area contributed by atoms with Gasteiger partial charge in [0.1, 0.15) is 5.75 Å². The lowest BCUT2D eigenvalue weighted by atomic mass is 9.99. The molecule has 4 heteroatoms. The van der Waals surface area contributed by atoms with Crippen LogP contribution in [0.25, 0.3) is 0 Å². The van der Waals surface area contributed by atoms with Gasteiger partial charge in [-0.1, -0.05) is 29.3 Å². The van der Waals surface area contributed by atoms with Gasteiger partial charge in [0.15, 0.2) is 0 Å². The van der Waals surface area contributed by atoms with Gasteiger partial charge in [-0.2, -0.15) is 5.26 Å². The summed E-state index contributed by atoms with van der Waals surface area (Å²) < 4.78 is 0.962. The van der Waals surface area contributed by atoms with Gasteiger partial charge in [-0.15, -0.1) is 0 Å². The zero-order valence-electron chi connectivity index (χ0n) is 11.1. The second-order valence-electron chi connectivity index (χ2n) is 5.10. The van der Waals surface area contributed by atoms with Crippen molar-refractivity contribution in [3.8, 4) is 11.8 Å². The Morgan fingerprint density at radius 2 is 2.32 bits per heavy atom. The third-order valence-electron chi connectivity index (χ3n) is 3.87. The Hall–Kier alpha value is -1.05. The summed E-state index contributed by atoms with van der Waals surface area (Å²) >= 11 is 3.44. The zero-order valence-corrected chi connectivity index (χ0v) is 12.7. The second kappa shape index (κ2) is 6.40. The van der Waals surface area contributed by atoms with Crippen LogP contribution in [-0.4, -0.2) is 11.1 Å². The van der Waals surface area contributed by atoms with Crippen LogP contribution >= 0.6 is 15.9 Å². The molecule has 1 aromatic carbocycles. The molecule has 1 saturated carbocycles. The summed E-state index contributed by atoms with van der Waals surface area (Å²) in [5.74, 6) is 0.414. The topological polar surface area (TPSA) is 56.0 Å². The minimum absolute atomic E-state index is 0.0939.